The Kier molecular flexibility index (Phi) is 2.95. The lowest BCUT2D eigenvalue weighted by atomic mass is 10.2. The lowest BCUT2D eigenvalue weighted by Gasteiger charge is -2.24. The molecule has 0 radical (unpaired) electrons. The number of carbonyl (C=O) groups is 1. The average molecular weight is 234 g/mol. The molecule has 0 spiro atoms. The van der Waals surface area contributed by atoms with Crippen LogP contribution in [0.3, 0.4) is 0 Å². The second kappa shape index (κ2) is 4.40. The van der Waals surface area contributed by atoms with Crippen LogP contribution in [0.1, 0.15) is 13.3 Å². The number of carboxylic acid groups (broad SMARTS) is 1. The molecule has 2 aromatic heterocycles. The summed E-state index contributed by atoms with van der Waals surface area (Å²) in [6.45, 7) is 1.84. The molecule has 2 aromatic rings. The van der Waals surface area contributed by atoms with Crippen molar-refractivity contribution in [1.82, 2.24) is 14.6 Å². The molecule has 2 heterocycles. The molecular weight excluding hydrogens is 220 g/mol. The predicted molar refractivity (Wildman–Crippen MR) is 63.1 cm³/mol. The van der Waals surface area contributed by atoms with E-state index >= 15 is 0 Å². The lowest BCUT2D eigenvalue weighted by Crippen LogP contribution is -2.38. The summed E-state index contributed by atoms with van der Waals surface area (Å²) in [7, 11) is 1.73. The molecule has 0 aliphatic heterocycles. The van der Waals surface area contributed by atoms with E-state index in [0.29, 0.717) is 17.9 Å². The molecular formula is C11H14N4O2. The number of aromatic nitrogens is 3. The smallest absolute Gasteiger partial charge is 0.326 e. The first-order valence-electron chi connectivity index (χ1n) is 5.39. The van der Waals surface area contributed by atoms with Gasteiger partial charge in [-0.05, 0) is 12.5 Å². The Morgan fingerprint density at radius 3 is 3.00 bits per heavy atom. The van der Waals surface area contributed by atoms with Crippen LogP contribution in [-0.2, 0) is 4.79 Å². The first-order chi connectivity index (χ1) is 8.13. The lowest BCUT2D eigenvalue weighted by molar-refractivity contribution is -0.138. The van der Waals surface area contributed by atoms with Crippen LogP contribution in [0.2, 0.25) is 0 Å². The molecule has 2 rings (SSSR count). The highest BCUT2D eigenvalue weighted by molar-refractivity contribution is 5.77. The number of fused-ring (bicyclic) bond motifs is 1. The van der Waals surface area contributed by atoms with Gasteiger partial charge in [-0.3, -0.25) is 0 Å². The molecule has 6 nitrogen and oxygen atoms in total. The number of rotatable bonds is 4. The van der Waals surface area contributed by atoms with Crippen LogP contribution < -0.4 is 4.90 Å². The Bertz CT molecular complexity index is 537. The largest absolute Gasteiger partial charge is 0.480 e. The van der Waals surface area contributed by atoms with Crippen molar-refractivity contribution in [3.8, 4) is 0 Å². The van der Waals surface area contributed by atoms with Gasteiger partial charge in [-0.15, -0.1) is 0 Å². The summed E-state index contributed by atoms with van der Waals surface area (Å²) in [5.41, 5.74) is 0.703. The van der Waals surface area contributed by atoms with E-state index in [1.165, 1.54) is 0 Å². The van der Waals surface area contributed by atoms with Gasteiger partial charge in [0, 0.05) is 19.3 Å². The molecule has 1 N–H and O–H groups in total. The number of hydrogen-bond donors (Lipinski definition) is 1. The van der Waals surface area contributed by atoms with E-state index in [1.807, 2.05) is 6.92 Å². The van der Waals surface area contributed by atoms with E-state index in [-0.39, 0.29) is 0 Å². The minimum atomic E-state index is -0.842. The summed E-state index contributed by atoms with van der Waals surface area (Å²) in [6, 6.07) is 2.97. The maximum atomic E-state index is 11.1. The summed E-state index contributed by atoms with van der Waals surface area (Å²) < 4.78 is 1.64. The van der Waals surface area contributed by atoms with Gasteiger partial charge in [0.1, 0.15) is 11.9 Å². The van der Waals surface area contributed by atoms with Crippen LogP contribution in [0.15, 0.2) is 24.5 Å². The zero-order valence-corrected chi connectivity index (χ0v) is 9.74. The fourth-order valence-corrected chi connectivity index (χ4v) is 1.77. The standard InChI is InChI=1S/C11H14N4O2/c1-3-8(11(16)17)14(2)9-5-7-15-10(13-9)4-6-12-15/h4-8H,3H2,1-2H3,(H,16,17). The predicted octanol–water partition coefficient (Wildman–Crippen LogP) is 1.03. The number of hydrogen-bond acceptors (Lipinski definition) is 4. The zero-order valence-electron chi connectivity index (χ0n) is 9.74. The van der Waals surface area contributed by atoms with Gasteiger partial charge in [-0.2, -0.15) is 5.10 Å². The highest BCUT2D eigenvalue weighted by Crippen LogP contribution is 2.15. The number of aliphatic carboxylic acids is 1. The molecule has 0 saturated carbocycles. The number of carboxylic acids is 1. The maximum absolute atomic E-state index is 11.1. The maximum Gasteiger partial charge on any atom is 0.326 e. The van der Waals surface area contributed by atoms with Crippen LogP contribution in [0.25, 0.3) is 5.65 Å². The van der Waals surface area contributed by atoms with E-state index in [9.17, 15) is 4.79 Å². The molecule has 0 aliphatic rings. The molecule has 0 bridgehead atoms. The molecule has 0 aromatic carbocycles. The van der Waals surface area contributed by atoms with Gasteiger partial charge in [0.05, 0.1) is 6.20 Å². The Morgan fingerprint density at radius 1 is 1.59 bits per heavy atom. The Balaban J connectivity index is 2.34. The monoisotopic (exact) mass is 234 g/mol. The fraction of sp³-hybridized carbons (Fsp3) is 0.364. The molecule has 0 fully saturated rings. The van der Waals surface area contributed by atoms with Gasteiger partial charge in [0.25, 0.3) is 0 Å². The SMILES string of the molecule is CCC(C(=O)O)N(C)c1ccn2nccc2n1. The molecule has 17 heavy (non-hydrogen) atoms. The van der Waals surface area contributed by atoms with Crippen molar-refractivity contribution in [3.63, 3.8) is 0 Å². The van der Waals surface area contributed by atoms with Gasteiger partial charge in [0.2, 0.25) is 0 Å². The molecule has 6 heteroatoms. The summed E-state index contributed by atoms with van der Waals surface area (Å²) >= 11 is 0. The first-order valence-corrected chi connectivity index (χ1v) is 5.39. The van der Waals surface area contributed by atoms with Crippen LogP contribution in [-0.4, -0.2) is 38.8 Å². The highest BCUT2D eigenvalue weighted by atomic mass is 16.4. The van der Waals surface area contributed by atoms with E-state index < -0.39 is 12.0 Å². The Labute approximate surface area is 98.5 Å². The molecule has 0 amide bonds. The van der Waals surface area contributed by atoms with E-state index in [0.717, 1.165) is 0 Å². The van der Waals surface area contributed by atoms with Crippen molar-refractivity contribution in [3.05, 3.63) is 24.5 Å². The number of nitrogens with zero attached hydrogens (tertiary/aromatic N) is 4. The summed E-state index contributed by atoms with van der Waals surface area (Å²) in [6.07, 6.45) is 3.95. The zero-order chi connectivity index (χ0) is 12.4. The quantitative estimate of drug-likeness (QED) is 0.855. The van der Waals surface area contributed by atoms with E-state index in [4.69, 9.17) is 5.11 Å². The second-order valence-corrected chi connectivity index (χ2v) is 3.79. The van der Waals surface area contributed by atoms with Crippen LogP contribution >= 0.6 is 0 Å². The van der Waals surface area contributed by atoms with E-state index in [2.05, 4.69) is 10.1 Å². The number of anilines is 1. The van der Waals surface area contributed by atoms with Crippen LogP contribution in [0, 0.1) is 0 Å². The van der Waals surface area contributed by atoms with Gasteiger partial charge < -0.3 is 10.0 Å². The van der Waals surface area contributed by atoms with Crippen molar-refractivity contribution in [1.29, 1.82) is 0 Å². The fourth-order valence-electron chi connectivity index (χ4n) is 1.77. The second-order valence-electron chi connectivity index (χ2n) is 3.79. The van der Waals surface area contributed by atoms with Gasteiger partial charge in [0.15, 0.2) is 5.65 Å². The third-order valence-electron chi connectivity index (χ3n) is 2.74. The first kappa shape index (κ1) is 11.4. The summed E-state index contributed by atoms with van der Waals surface area (Å²) in [4.78, 5) is 17.1. The highest BCUT2D eigenvalue weighted by Gasteiger charge is 2.21. The minimum Gasteiger partial charge on any atom is -0.480 e. The van der Waals surface area contributed by atoms with Crippen LogP contribution in [0.5, 0.6) is 0 Å². The third kappa shape index (κ3) is 2.06. The molecule has 1 unspecified atom stereocenters. The van der Waals surface area contributed by atoms with Gasteiger partial charge in [-0.25, -0.2) is 14.3 Å². The molecule has 1 atom stereocenters. The molecule has 0 saturated heterocycles. The van der Waals surface area contributed by atoms with Gasteiger partial charge in [-0.1, -0.05) is 6.92 Å². The van der Waals surface area contributed by atoms with E-state index in [1.54, 1.807) is 41.0 Å². The average Bonchev–Trinajstić information content (AvgIpc) is 2.75. The third-order valence-corrected chi connectivity index (χ3v) is 2.74. The topological polar surface area (TPSA) is 70.7 Å². The van der Waals surface area contributed by atoms with Gasteiger partial charge >= 0.3 is 5.97 Å². The van der Waals surface area contributed by atoms with Crippen molar-refractivity contribution >= 4 is 17.4 Å². The minimum absolute atomic E-state index is 0.526. The van der Waals surface area contributed by atoms with Crippen molar-refractivity contribution in [2.45, 2.75) is 19.4 Å². The Hall–Kier alpha value is -2.11. The normalized spacial score (nSPS) is 12.6. The van der Waals surface area contributed by atoms with Crippen LogP contribution in [0.4, 0.5) is 5.82 Å². The Morgan fingerprint density at radius 2 is 2.35 bits per heavy atom. The summed E-state index contributed by atoms with van der Waals surface area (Å²) in [5.74, 6) is -0.211. The molecule has 0 aliphatic carbocycles. The molecule has 90 valence electrons. The number of likely N-dealkylation sites (N-methyl/N-ethyl adjacent to an activating group) is 1. The van der Waals surface area contributed by atoms with Crippen molar-refractivity contribution in [2.75, 3.05) is 11.9 Å². The van der Waals surface area contributed by atoms with Crippen molar-refractivity contribution < 1.29 is 9.90 Å². The van der Waals surface area contributed by atoms with Crippen molar-refractivity contribution in [2.24, 2.45) is 0 Å². The summed E-state index contributed by atoms with van der Waals surface area (Å²) in [5, 5.41) is 13.1.